The van der Waals surface area contributed by atoms with Gasteiger partial charge in [-0.3, -0.25) is 9.59 Å². The first kappa shape index (κ1) is 24.8. The summed E-state index contributed by atoms with van der Waals surface area (Å²) in [5, 5.41) is 2.37. The summed E-state index contributed by atoms with van der Waals surface area (Å²) in [7, 11) is 0. The van der Waals surface area contributed by atoms with E-state index in [0.29, 0.717) is 12.0 Å². The molecule has 8 heteroatoms. The monoisotopic (exact) mass is 514 g/mol. The summed E-state index contributed by atoms with van der Waals surface area (Å²) in [5.74, 6) is -1.64. The molecule has 0 saturated carbocycles. The van der Waals surface area contributed by atoms with E-state index >= 15 is 0 Å². The molecule has 2 aliphatic heterocycles. The van der Waals surface area contributed by atoms with E-state index in [4.69, 9.17) is 4.74 Å². The quantitative estimate of drug-likeness (QED) is 0.282. The Kier molecular flexibility index (Phi) is 7.37. The molecule has 0 aliphatic carbocycles. The molecule has 3 aromatic rings. The molecule has 0 radical (unpaired) electrons. The van der Waals surface area contributed by atoms with Crippen LogP contribution in [-0.4, -0.2) is 52.2 Å². The Balaban J connectivity index is 1.33. The highest BCUT2D eigenvalue weighted by Gasteiger charge is 2.58. The van der Waals surface area contributed by atoms with Crippen LogP contribution in [0, 0.1) is 5.92 Å². The van der Waals surface area contributed by atoms with Crippen molar-refractivity contribution in [2.24, 2.45) is 5.92 Å². The topological polar surface area (TPSA) is 92.8 Å². The molecule has 0 spiro atoms. The van der Waals surface area contributed by atoms with Gasteiger partial charge in [0, 0.05) is 5.75 Å². The summed E-state index contributed by atoms with van der Waals surface area (Å²) in [6.07, 6.45) is 0.178. The highest BCUT2D eigenvalue weighted by molar-refractivity contribution is 8.00. The van der Waals surface area contributed by atoms with Crippen molar-refractivity contribution in [1.29, 1.82) is 0 Å². The van der Waals surface area contributed by atoms with E-state index < -0.39 is 35.4 Å². The summed E-state index contributed by atoms with van der Waals surface area (Å²) in [5.41, 5.74) is 2.41. The first-order valence-electron chi connectivity index (χ1n) is 12.1. The molecule has 2 fully saturated rings. The zero-order valence-corrected chi connectivity index (χ0v) is 20.8. The predicted octanol–water partition coefficient (Wildman–Crippen LogP) is 3.15. The minimum absolute atomic E-state index is 0.153. The Morgan fingerprint density at radius 1 is 0.946 bits per heavy atom. The molecule has 2 heterocycles. The molecule has 3 unspecified atom stereocenters. The summed E-state index contributed by atoms with van der Waals surface area (Å²) in [4.78, 5) is 52.6. The molecule has 188 valence electrons. The average Bonchev–Trinajstić information content (AvgIpc) is 2.95. The Morgan fingerprint density at radius 2 is 1.51 bits per heavy atom. The fraction of sp³-hybridized carbons (Fsp3) is 0.241. The normalized spacial score (nSPS) is 22.5. The third-order valence-electron chi connectivity index (χ3n) is 6.62. The molecule has 7 nitrogen and oxygen atoms in total. The summed E-state index contributed by atoms with van der Waals surface area (Å²) in [6, 6.07) is 26.2. The van der Waals surface area contributed by atoms with Crippen molar-refractivity contribution in [3.05, 3.63) is 108 Å². The molecule has 0 aromatic heterocycles. The molecule has 4 atom stereocenters. The van der Waals surface area contributed by atoms with Crippen molar-refractivity contribution >= 4 is 35.8 Å². The number of fused-ring (bicyclic) bond motifs is 1. The van der Waals surface area contributed by atoms with E-state index in [1.807, 2.05) is 91.0 Å². The van der Waals surface area contributed by atoms with Crippen molar-refractivity contribution in [1.82, 2.24) is 10.2 Å². The van der Waals surface area contributed by atoms with Crippen molar-refractivity contribution in [2.45, 2.75) is 30.0 Å². The van der Waals surface area contributed by atoms with Crippen molar-refractivity contribution in [3.63, 3.8) is 0 Å². The number of carbonyl (C=O) groups is 4. The molecule has 2 aliphatic rings. The van der Waals surface area contributed by atoms with Gasteiger partial charge < -0.3 is 19.7 Å². The Labute approximate surface area is 219 Å². The highest BCUT2D eigenvalue weighted by atomic mass is 32.2. The maximum absolute atomic E-state index is 13.6. The molecule has 3 aromatic carbocycles. The molecule has 5 rings (SSSR count). The zero-order chi connectivity index (χ0) is 25.8. The fourth-order valence-corrected chi connectivity index (χ4v) is 6.23. The summed E-state index contributed by atoms with van der Waals surface area (Å²) >= 11 is 1.39. The Morgan fingerprint density at radius 3 is 2.08 bits per heavy atom. The number of carbonyl (C=O) groups excluding carboxylic acids is 4. The molecular formula is C29H26N2O5S. The second-order valence-corrected chi connectivity index (χ2v) is 10.2. The van der Waals surface area contributed by atoms with Gasteiger partial charge in [-0.05, 0) is 16.7 Å². The van der Waals surface area contributed by atoms with Gasteiger partial charge in [-0.15, -0.1) is 11.8 Å². The SMILES string of the molecule is O=CC1CS[C@@H]2C(NC(=O)Cc3ccccc3)C(=O)N2C1C(=O)OC(c1ccccc1)c1ccccc1. The Bertz CT molecular complexity index is 1230. The van der Waals surface area contributed by atoms with Crippen LogP contribution in [0.5, 0.6) is 0 Å². The van der Waals surface area contributed by atoms with Gasteiger partial charge in [-0.1, -0.05) is 91.0 Å². The molecule has 0 bridgehead atoms. The van der Waals surface area contributed by atoms with Gasteiger partial charge >= 0.3 is 5.97 Å². The average molecular weight is 515 g/mol. The van der Waals surface area contributed by atoms with E-state index in [-0.39, 0.29) is 18.2 Å². The van der Waals surface area contributed by atoms with Crippen LogP contribution >= 0.6 is 11.8 Å². The van der Waals surface area contributed by atoms with Gasteiger partial charge in [-0.2, -0.15) is 0 Å². The summed E-state index contributed by atoms with van der Waals surface area (Å²) in [6.45, 7) is 0. The van der Waals surface area contributed by atoms with Crippen LogP contribution in [0.1, 0.15) is 22.8 Å². The van der Waals surface area contributed by atoms with E-state index in [9.17, 15) is 19.2 Å². The lowest BCUT2D eigenvalue weighted by molar-refractivity contribution is -0.171. The minimum Gasteiger partial charge on any atom is -0.451 e. The van der Waals surface area contributed by atoms with Crippen LogP contribution in [0.25, 0.3) is 0 Å². The number of thioether (sulfide) groups is 1. The van der Waals surface area contributed by atoms with E-state index in [1.54, 1.807) is 0 Å². The summed E-state index contributed by atoms with van der Waals surface area (Å²) < 4.78 is 6.00. The van der Waals surface area contributed by atoms with Crippen LogP contribution in [0.2, 0.25) is 0 Å². The fourth-order valence-electron chi connectivity index (χ4n) is 4.78. The largest absolute Gasteiger partial charge is 0.451 e. The lowest BCUT2D eigenvalue weighted by atomic mass is 9.94. The number of esters is 1. The number of rotatable bonds is 8. The number of amides is 2. The number of nitrogens with one attached hydrogen (secondary N) is 1. The van der Waals surface area contributed by atoms with Gasteiger partial charge in [0.15, 0.2) is 6.10 Å². The molecular weight excluding hydrogens is 488 g/mol. The third-order valence-corrected chi connectivity index (χ3v) is 8.04. The zero-order valence-electron chi connectivity index (χ0n) is 19.9. The number of ether oxygens (including phenoxy) is 1. The van der Waals surface area contributed by atoms with Crippen LogP contribution < -0.4 is 5.32 Å². The van der Waals surface area contributed by atoms with Gasteiger partial charge in [0.2, 0.25) is 11.8 Å². The minimum atomic E-state index is -1.05. The number of benzene rings is 3. The molecule has 2 amide bonds. The van der Waals surface area contributed by atoms with Crippen molar-refractivity contribution in [3.8, 4) is 0 Å². The highest BCUT2D eigenvalue weighted by Crippen LogP contribution is 2.41. The van der Waals surface area contributed by atoms with Crippen LogP contribution in [0.3, 0.4) is 0 Å². The van der Waals surface area contributed by atoms with Crippen molar-refractivity contribution < 1.29 is 23.9 Å². The smallest absolute Gasteiger partial charge is 0.330 e. The number of β-lactam (4-membered cyclic amide) rings is 1. The molecule has 2 saturated heterocycles. The number of aldehydes is 1. The van der Waals surface area contributed by atoms with E-state index in [1.165, 1.54) is 16.7 Å². The van der Waals surface area contributed by atoms with Crippen LogP contribution in [0.4, 0.5) is 0 Å². The predicted molar refractivity (Wildman–Crippen MR) is 139 cm³/mol. The van der Waals surface area contributed by atoms with Crippen molar-refractivity contribution in [2.75, 3.05) is 5.75 Å². The maximum Gasteiger partial charge on any atom is 0.330 e. The number of nitrogens with zero attached hydrogens (tertiary/aromatic N) is 1. The van der Waals surface area contributed by atoms with E-state index in [0.717, 1.165) is 16.7 Å². The van der Waals surface area contributed by atoms with Gasteiger partial charge in [0.1, 0.15) is 23.7 Å². The third kappa shape index (κ3) is 5.15. The first-order chi connectivity index (χ1) is 18.1. The Hall–Kier alpha value is -3.91. The molecule has 1 N–H and O–H groups in total. The van der Waals surface area contributed by atoms with Gasteiger partial charge in [0.05, 0.1) is 12.3 Å². The van der Waals surface area contributed by atoms with E-state index in [2.05, 4.69) is 5.32 Å². The second kappa shape index (κ2) is 11.0. The first-order valence-corrected chi connectivity index (χ1v) is 13.1. The second-order valence-electron chi connectivity index (χ2n) is 9.06. The number of hydrogen-bond donors (Lipinski definition) is 1. The van der Waals surface area contributed by atoms with Gasteiger partial charge in [0.25, 0.3) is 0 Å². The van der Waals surface area contributed by atoms with Crippen LogP contribution in [0.15, 0.2) is 91.0 Å². The van der Waals surface area contributed by atoms with Gasteiger partial charge in [-0.25, -0.2) is 4.79 Å². The lowest BCUT2D eigenvalue weighted by Crippen LogP contribution is -2.76. The maximum atomic E-state index is 13.6. The molecule has 37 heavy (non-hydrogen) atoms. The van der Waals surface area contributed by atoms with Crippen LogP contribution in [-0.2, 0) is 30.3 Å². The number of hydrogen-bond acceptors (Lipinski definition) is 6. The standard InChI is InChI=1S/C29H26N2O5S/c32-17-22-18-37-28-24(30-23(33)16-19-10-4-1-5-11-19)27(34)31(28)25(22)29(35)36-26(20-12-6-2-7-13-20)21-14-8-3-9-15-21/h1-15,17,22,24-26,28H,16,18H2,(H,30,33)/t22?,24?,25?,28-/m1/s1. The lowest BCUT2D eigenvalue weighted by Gasteiger charge is -2.53.